The minimum Gasteiger partial charge on any atom is -0.323 e. The number of hydrogen-bond acceptors (Lipinski definition) is 3. The van der Waals surface area contributed by atoms with Gasteiger partial charge in [0.2, 0.25) is 5.91 Å². The van der Waals surface area contributed by atoms with Gasteiger partial charge in [0.1, 0.15) is 0 Å². The number of nitrogens with zero attached hydrogens (tertiary/aromatic N) is 1. The van der Waals surface area contributed by atoms with Gasteiger partial charge in [0.15, 0.2) is 0 Å². The second kappa shape index (κ2) is 7.48. The number of nitrogens with two attached hydrogens (primary N) is 1. The fraction of sp³-hybridized carbons (Fsp3) is 0.455. The van der Waals surface area contributed by atoms with Crippen LogP contribution in [0.4, 0.5) is 5.69 Å². The maximum absolute atomic E-state index is 11.7. The lowest BCUT2D eigenvalue weighted by Crippen LogP contribution is -2.45. The summed E-state index contributed by atoms with van der Waals surface area (Å²) in [5, 5.41) is 2.72. The molecule has 0 aliphatic heterocycles. The van der Waals surface area contributed by atoms with E-state index in [2.05, 4.69) is 10.3 Å². The van der Waals surface area contributed by atoms with E-state index in [4.69, 9.17) is 5.73 Å². The monoisotopic (exact) mass is 279 g/mol. The molecule has 0 radical (unpaired) electrons. The summed E-state index contributed by atoms with van der Waals surface area (Å²) in [4.78, 5) is 15.6. The highest BCUT2D eigenvalue weighted by Gasteiger charge is 2.27. The minimum atomic E-state index is -0.530. The number of amides is 1. The fourth-order valence-corrected chi connectivity index (χ4v) is 1.05. The average molecular weight is 280 g/mol. The molecule has 0 bridgehead atoms. The normalized spacial score (nSPS) is 11.8. The number of anilines is 1. The molecule has 0 aliphatic carbocycles. The van der Waals surface area contributed by atoms with Gasteiger partial charge in [-0.25, -0.2) is 0 Å². The third kappa shape index (κ3) is 5.86. The number of pyridine rings is 1. The van der Waals surface area contributed by atoms with Crippen molar-refractivity contribution in [2.45, 2.75) is 26.8 Å². The quantitative estimate of drug-likeness (QED) is 0.873. The minimum absolute atomic E-state index is 0. The van der Waals surface area contributed by atoms with Gasteiger partial charge in [-0.05, 0) is 17.5 Å². The zero-order valence-corrected chi connectivity index (χ0v) is 11.8. The Kier molecular flexibility index (Phi) is 8.15. The molecule has 17 heavy (non-hydrogen) atoms. The molecule has 1 amide bonds. The Bertz CT molecular complexity index is 338. The molecule has 1 aromatic rings. The highest BCUT2D eigenvalue weighted by molar-refractivity contribution is 5.95. The van der Waals surface area contributed by atoms with Gasteiger partial charge < -0.3 is 11.1 Å². The lowest BCUT2D eigenvalue weighted by atomic mass is 9.87. The van der Waals surface area contributed by atoms with Gasteiger partial charge in [0, 0.05) is 6.20 Å². The summed E-state index contributed by atoms with van der Waals surface area (Å²) in [7, 11) is 0. The van der Waals surface area contributed by atoms with Crippen LogP contribution in [0, 0.1) is 5.41 Å². The Morgan fingerprint density at radius 2 is 2.00 bits per heavy atom. The molecule has 0 saturated carbocycles. The smallest absolute Gasteiger partial charge is 0.241 e. The van der Waals surface area contributed by atoms with E-state index < -0.39 is 6.04 Å². The summed E-state index contributed by atoms with van der Waals surface area (Å²) in [6.45, 7) is 5.79. The van der Waals surface area contributed by atoms with Crippen LogP contribution in [0.3, 0.4) is 0 Å². The van der Waals surface area contributed by atoms with Crippen molar-refractivity contribution >= 4 is 36.4 Å². The van der Waals surface area contributed by atoms with Gasteiger partial charge in [-0.3, -0.25) is 9.78 Å². The van der Waals surface area contributed by atoms with Gasteiger partial charge in [0.25, 0.3) is 0 Å². The Morgan fingerprint density at radius 1 is 1.41 bits per heavy atom. The molecule has 0 spiro atoms. The van der Waals surface area contributed by atoms with E-state index >= 15 is 0 Å². The van der Waals surface area contributed by atoms with E-state index in [-0.39, 0.29) is 36.1 Å². The lowest BCUT2D eigenvalue weighted by Gasteiger charge is -2.25. The SMILES string of the molecule is CC(C)(C)C(N)C(=O)Nc1cccnc1.Cl.Cl. The first-order valence-corrected chi connectivity index (χ1v) is 4.88. The van der Waals surface area contributed by atoms with Crippen LogP contribution in [0.2, 0.25) is 0 Å². The number of nitrogens with one attached hydrogen (secondary N) is 1. The first-order chi connectivity index (χ1) is 6.91. The zero-order valence-electron chi connectivity index (χ0n) is 10.1. The van der Waals surface area contributed by atoms with Gasteiger partial charge in [-0.15, -0.1) is 24.8 Å². The van der Waals surface area contributed by atoms with E-state index in [1.165, 1.54) is 0 Å². The van der Waals surface area contributed by atoms with Crippen molar-refractivity contribution in [3.8, 4) is 0 Å². The van der Waals surface area contributed by atoms with Gasteiger partial charge in [-0.1, -0.05) is 20.8 Å². The number of halogens is 2. The topological polar surface area (TPSA) is 68.0 Å². The van der Waals surface area contributed by atoms with Crippen LogP contribution in [0.15, 0.2) is 24.5 Å². The maximum atomic E-state index is 11.7. The summed E-state index contributed by atoms with van der Waals surface area (Å²) < 4.78 is 0. The molecule has 0 saturated heterocycles. The predicted octanol–water partition coefficient (Wildman–Crippen LogP) is 2.24. The second-order valence-corrected chi connectivity index (χ2v) is 4.57. The van der Waals surface area contributed by atoms with Crippen LogP contribution in [0.25, 0.3) is 0 Å². The maximum Gasteiger partial charge on any atom is 0.241 e. The molecule has 1 rings (SSSR count). The highest BCUT2D eigenvalue weighted by Crippen LogP contribution is 2.18. The largest absolute Gasteiger partial charge is 0.323 e. The summed E-state index contributed by atoms with van der Waals surface area (Å²) >= 11 is 0. The molecule has 1 unspecified atom stereocenters. The molecule has 4 nitrogen and oxygen atoms in total. The Balaban J connectivity index is 0. The van der Waals surface area contributed by atoms with Crippen molar-refractivity contribution in [2.75, 3.05) is 5.32 Å². The molecule has 1 atom stereocenters. The molecule has 6 heteroatoms. The van der Waals surface area contributed by atoms with Crippen molar-refractivity contribution in [3.05, 3.63) is 24.5 Å². The van der Waals surface area contributed by atoms with Gasteiger partial charge in [0.05, 0.1) is 17.9 Å². The van der Waals surface area contributed by atoms with Crippen molar-refractivity contribution in [2.24, 2.45) is 11.1 Å². The van der Waals surface area contributed by atoms with E-state index in [0.717, 1.165) is 0 Å². The fourth-order valence-electron chi connectivity index (χ4n) is 1.05. The predicted molar refractivity (Wildman–Crippen MR) is 74.8 cm³/mol. The molecule has 0 aliphatic rings. The molecule has 3 N–H and O–H groups in total. The number of rotatable bonds is 2. The Hall–Kier alpha value is -0.840. The zero-order chi connectivity index (χ0) is 11.5. The molecule has 98 valence electrons. The van der Waals surface area contributed by atoms with Crippen molar-refractivity contribution in [1.29, 1.82) is 0 Å². The summed E-state index contributed by atoms with van der Waals surface area (Å²) in [5.41, 5.74) is 6.23. The van der Waals surface area contributed by atoms with Crippen molar-refractivity contribution in [1.82, 2.24) is 4.98 Å². The van der Waals surface area contributed by atoms with Gasteiger partial charge >= 0.3 is 0 Å². The number of carbonyl (C=O) groups is 1. The molecule has 0 aromatic carbocycles. The number of aromatic nitrogens is 1. The van der Waals surface area contributed by atoms with Crippen LogP contribution >= 0.6 is 24.8 Å². The van der Waals surface area contributed by atoms with E-state index in [0.29, 0.717) is 5.69 Å². The number of carbonyl (C=O) groups excluding carboxylic acids is 1. The van der Waals surface area contributed by atoms with E-state index in [1.54, 1.807) is 24.5 Å². The standard InChI is InChI=1S/C11H17N3O.2ClH/c1-11(2,3)9(12)10(15)14-8-5-4-6-13-7-8;;/h4-7,9H,12H2,1-3H3,(H,14,15);2*1H. The molecule has 1 heterocycles. The molecular weight excluding hydrogens is 261 g/mol. The lowest BCUT2D eigenvalue weighted by molar-refractivity contribution is -0.119. The van der Waals surface area contributed by atoms with Crippen molar-refractivity contribution in [3.63, 3.8) is 0 Å². The second-order valence-electron chi connectivity index (χ2n) is 4.57. The van der Waals surface area contributed by atoms with E-state index in [1.807, 2.05) is 20.8 Å². The summed E-state index contributed by atoms with van der Waals surface area (Å²) in [6.07, 6.45) is 3.24. The van der Waals surface area contributed by atoms with Crippen LogP contribution in [-0.2, 0) is 4.79 Å². The van der Waals surface area contributed by atoms with Crippen LogP contribution in [0.5, 0.6) is 0 Å². The van der Waals surface area contributed by atoms with Gasteiger partial charge in [-0.2, -0.15) is 0 Å². The first-order valence-electron chi connectivity index (χ1n) is 4.88. The number of hydrogen-bond donors (Lipinski definition) is 2. The van der Waals surface area contributed by atoms with E-state index in [9.17, 15) is 4.79 Å². The Labute approximate surface area is 114 Å². The van der Waals surface area contributed by atoms with Crippen molar-refractivity contribution < 1.29 is 4.79 Å². The third-order valence-corrected chi connectivity index (χ3v) is 2.14. The van der Waals surface area contributed by atoms with Crippen LogP contribution in [-0.4, -0.2) is 16.9 Å². The van der Waals surface area contributed by atoms with Crippen LogP contribution in [0.1, 0.15) is 20.8 Å². The Morgan fingerprint density at radius 3 is 2.41 bits per heavy atom. The highest BCUT2D eigenvalue weighted by atomic mass is 35.5. The molecule has 0 fully saturated rings. The molecular formula is C11H19Cl2N3O. The summed E-state index contributed by atoms with van der Waals surface area (Å²) in [5.74, 6) is -0.185. The third-order valence-electron chi connectivity index (χ3n) is 2.14. The average Bonchev–Trinajstić information content (AvgIpc) is 2.16. The first kappa shape index (κ1) is 18.5. The van der Waals surface area contributed by atoms with Crippen LogP contribution < -0.4 is 11.1 Å². The molecule has 1 aromatic heterocycles. The summed E-state index contributed by atoms with van der Waals surface area (Å²) in [6, 6.07) is 3.01.